The highest BCUT2D eigenvalue weighted by Gasteiger charge is 2.39. The Labute approximate surface area is 331 Å². The molecule has 0 saturated carbocycles. The Balaban J connectivity index is 0.000000758. The van der Waals surface area contributed by atoms with Crippen molar-refractivity contribution in [3.05, 3.63) is 122 Å². The van der Waals surface area contributed by atoms with E-state index in [9.17, 15) is 58.3 Å². The summed E-state index contributed by atoms with van der Waals surface area (Å²) in [7, 11) is 2.89. The Morgan fingerprint density at radius 1 is 0.783 bits per heavy atom. The van der Waals surface area contributed by atoms with Crippen LogP contribution in [0.2, 0.25) is 0 Å². The first kappa shape index (κ1) is 49.9. The van der Waals surface area contributed by atoms with E-state index in [0.717, 1.165) is 21.3 Å². The smallest absolute Gasteiger partial charge is 0.490 e. The molecule has 0 aliphatic heterocycles. The minimum Gasteiger partial charge on any atom is -0.494 e. The molecule has 0 unspecified atom stereocenters. The first-order valence-electron chi connectivity index (χ1n) is 16.7. The number of methoxy groups -OCH3 is 1. The third kappa shape index (κ3) is 13.4. The van der Waals surface area contributed by atoms with Crippen LogP contribution in [-0.2, 0) is 33.6 Å². The second kappa shape index (κ2) is 20.6. The van der Waals surface area contributed by atoms with Gasteiger partial charge in [0.1, 0.15) is 5.82 Å². The number of carbonyl (C=O) groups is 3. The Bertz CT molecular complexity index is 2230. The number of alkyl halides is 9. The molecule has 0 saturated heterocycles. The summed E-state index contributed by atoms with van der Waals surface area (Å²) in [6.45, 7) is 0.285. The first-order valence-corrected chi connectivity index (χ1v) is 16.7. The molecule has 23 heteroatoms. The number of halogens is 11. The molecule has 0 aliphatic rings. The standard InChI is InChI=1S/C33H32F5N3O5.2C2HF3O2/c1-20-29(22-12-7-15-27(46-3)30(22)35)31(44)41(19-26(21-10-5-4-6-11-21)39(2)17-9-16-28(42)43)32(45)40(20)18-23-24(33(36,37)38)13-8-14-25(23)34;2*3-2(4,5)1(6)7/h4-8,10-15,26H,9,16-19H2,1-3H3,(H,42,43);2*(H,6,7)/t26-;;/m0../s1. The van der Waals surface area contributed by atoms with Gasteiger partial charge in [-0.1, -0.05) is 48.5 Å². The van der Waals surface area contributed by atoms with E-state index in [4.69, 9.17) is 29.6 Å². The Hall–Kier alpha value is -6.26. The normalized spacial score (nSPS) is 12.1. The summed E-state index contributed by atoms with van der Waals surface area (Å²) in [6.07, 6.45) is -15.0. The minimum atomic E-state index is -5.08. The summed E-state index contributed by atoms with van der Waals surface area (Å²) in [5, 5.41) is 23.4. The second-order valence-electron chi connectivity index (χ2n) is 12.3. The van der Waals surface area contributed by atoms with Crippen LogP contribution in [0.4, 0.5) is 48.3 Å². The monoisotopic (exact) mass is 873 g/mol. The highest BCUT2D eigenvalue weighted by atomic mass is 19.4. The third-order valence-electron chi connectivity index (χ3n) is 8.34. The molecule has 0 aliphatic carbocycles. The average Bonchev–Trinajstić information content (AvgIpc) is 3.14. The van der Waals surface area contributed by atoms with Crippen molar-refractivity contribution >= 4 is 17.9 Å². The maximum absolute atomic E-state index is 15.6. The molecule has 0 spiro atoms. The van der Waals surface area contributed by atoms with Crippen LogP contribution in [0.3, 0.4) is 0 Å². The minimum absolute atomic E-state index is 0.132. The Kier molecular flexibility index (Phi) is 17.1. The fraction of sp³-hybridized carbons (Fsp3) is 0.324. The highest BCUT2D eigenvalue weighted by Crippen LogP contribution is 2.34. The van der Waals surface area contributed by atoms with E-state index in [1.54, 1.807) is 42.3 Å². The van der Waals surface area contributed by atoms with Gasteiger partial charge in [0.15, 0.2) is 11.6 Å². The number of likely N-dealkylation sites (N-methyl/N-ethyl adjacent to an activating group) is 1. The molecular weight excluding hydrogens is 839 g/mol. The van der Waals surface area contributed by atoms with Gasteiger partial charge < -0.3 is 20.1 Å². The van der Waals surface area contributed by atoms with Crippen molar-refractivity contribution in [3.8, 4) is 16.9 Å². The van der Waals surface area contributed by atoms with Gasteiger partial charge in [-0.25, -0.2) is 23.2 Å². The van der Waals surface area contributed by atoms with Crippen LogP contribution < -0.4 is 16.0 Å². The van der Waals surface area contributed by atoms with Crippen molar-refractivity contribution in [2.45, 2.75) is 57.4 Å². The van der Waals surface area contributed by atoms with Gasteiger partial charge in [-0.05, 0) is 50.7 Å². The van der Waals surface area contributed by atoms with Gasteiger partial charge in [-0.2, -0.15) is 39.5 Å². The van der Waals surface area contributed by atoms with E-state index in [1.807, 2.05) is 0 Å². The van der Waals surface area contributed by atoms with E-state index in [-0.39, 0.29) is 48.5 Å². The van der Waals surface area contributed by atoms with Crippen LogP contribution in [0.5, 0.6) is 5.75 Å². The van der Waals surface area contributed by atoms with E-state index >= 15 is 4.39 Å². The van der Waals surface area contributed by atoms with Crippen LogP contribution in [0, 0.1) is 18.6 Å². The van der Waals surface area contributed by atoms with E-state index in [1.165, 1.54) is 32.2 Å². The lowest BCUT2D eigenvalue weighted by atomic mass is 10.0. The largest absolute Gasteiger partial charge is 0.494 e. The summed E-state index contributed by atoms with van der Waals surface area (Å²) in [5.41, 5.74) is -4.19. The number of hydrogen-bond acceptors (Lipinski definition) is 7. The molecule has 1 atom stereocenters. The van der Waals surface area contributed by atoms with Gasteiger partial charge >= 0.3 is 42.1 Å². The van der Waals surface area contributed by atoms with Crippen molar-refractivity contribution in [2.24, 2.45) is 0 Å². The summed E-state index contributed by atoms with van der Waals surface area (Å²) >= 11 is 0. The van der Waals surface area contributed by atoms with Crippen molar-refractivity contribution in [1.29, 1.82) is 0 Å². The lowest BCUT2D eigenvalue weighted by molar-refractivity contribution is -0.193. The van der Waals surface area contributed by atoms with Crippen molar-refractivity contribution in [3.63, 3.8) is 0 Å². The van der Waals surface area contributed by atoms with Gasteiger partial charge in [0.25, 0.3) is 5.56 Å². The molecule has 4 rings (SSSR count). The van der Waals surface area contributed by atoms with Crippen LogP contribution in [0.1, 0.15) is 41.3 Å². The van der Waals surface area contributed by atoms with Crippen molar-refractivity contribution < 1.29 is 82.7 Å². The van der Waals surface area contributed by atoms with E-state index < -0.39 is 83.0 Å². The molecule has 1 heterocycles. The molecule has 1 aromatic heterocycles. The molecule has 0 bridgehead atoms. The number of carboxylic acid groups (broad SMARTS) is 3. The van der Waals surface area contributed by atoms with Gasteiger partial charge in [0, 0.05) is 23.2 Å². The molecule has 60 heavy (non-hydrogen) atoms. The molecule has 0 fully saturated rings. The number of carboxylic acids is 3. The Morgan fingerprint density at radius 2 is 1.32 bits per heavy atom. The Morgan fingerprint density at radius 3 is 1.80 bits per heavy atom. The van der Waals surface area contributed by atoms with Gasteiger partial charge in [-0.3, -0.25) is 23.6 Å². The van der Waals surface area contributed by atoms with Gasteiger partial charge in [0.05, 0.1) is 37.4 Å². The maximum Gasteiger partial charge on any atom is 0.490 e. The quantitative estimate of drug-likeness (QED) is 0.125. The maximum atomic E-state index is 15.6. The molecule has 0 radical (unpaired) electrons. The number of nitrogens with zero attached hydrogens (tertiary/aromatic N) is 3. The molecule has 3 aromatic carbocycles. The number of aromatic nitrogens is 2. The zero-order chi connectivity index (χ0) is 45.9. The van der Waals surface area contributed by atoms with Crippen LogP contribution in [-0.4, -0.2) is 80.3 Å². The number of rotatable bonds is 12. The van der Waals surface area contributed by atoms with Gasteiger partial charge in [0.2, 0.25) is 0 Å². The summed E-state index contributed by atoms with van der Waals surface area (Å²) in [5.74, 6) is -8.88. The second-order valence-corrected chi connectivity index (χ2v) is 12.3. The lowest BCUT2D eigenvalue weighted by Gasteiger charge is -2.29. The fourth-order valence-electron chi connectivity index (χ4n) is 5.45. The SMILES string of the molecule is COc1cccc(-c2c(C)n(Cc3c(F)cccc3C(F)(F)F)c(=O)n(C[C@@H](c3ccccc3)N(C)CCCC(=O)O)c2=O)c1F.O=C(O)C(F)(F)F.O=C(O)C(F)(F)F. The zero-order valence-electron chi connectivity index (χ0n) is 31.3. The summed E-state index contributed by atoms with van der Waals surface area (Å²) < 4.78 is 143. The van der Waals surface area contributed by atoms with Gasteiger partial charge in [-0.15, -0.1) is 0 Å². The average molecular weight is 874 g/mol. The van der Waals surface area contributed by atoms with Crippen molar-refractivity contribution in [2.75, 3.05) is 20.7 Å². The number of aliphatic carboxylic acids is 3. The van der Waals surface area contributed by atoms with E-state index in [2.05, 4.69) is 0 Å². The number of benzene rings is 3. The zero-order valence-corrected chi connectivity index (χ0v) is 31.3. The summed E-state index contributed by atoms with van der Waals surface area (Å²) in [4.78, 5) is 58.9. The molecule has 3 N–H and O–H groups in total. The number of hydrogen-bond donors (Lipinski definition) is 3. The topological polar surface area (TPSA) is 168 Å². The molecule has 0 amide bonds. The first-order chi connectivity index (χ1) is 27.6. The summed E-state index contributed by atoms with van der Waals surface area (Å²) in [6, 6.07) is 14.4. The van der Waals surface area contributed by atoms with E-state index in [0.29, 0.717) is 11.6 Å². The van der Waals surface area contributed by atoms with Crippen LogP contribution >= 0.6 is 0 Å². The van der Waals surface area contributed by atoms with Crippen molar-refractivity contribution in [1.82, 2.24) is 14.0 Å². The molecule has 328 valence electrons. The van der Waals surface area contributed by atoms with Crippen LogP contribution in [0.25, 0.3) is 11.1 Å². The fourth-order valence-corrected chi connectivity index (χ4v) is 5.45. The lowest BCUT2D eigenvalue weighted by Crippen LogP contribution is -2.45. The van der Waals surface area contributed by atoms with Crippen LogP contribution in [0.15, 0.2) is 76.3 Å². The predicted molar refractivity (Wildman–Crippen MR) is 188 cm³/mol. The third-order valence-corrected chi connectivity index (χ3v) is 8.34. The highest BCUT2D eigenvalue weighted by molar-refractivity contribution is 5.73. The molecular formula is C37H34F11N3O9. The molecule has 4 aromatic rings. The predicted octanol–water partition coefficient (Wildman–Crippen LogP) is 7.14. The number of ether oxygens (including phenoxy) is 1. The molecule has 12 nitrogen and oxygen atoms in total.